The largest absolute Gasteiger partial charge is 0.493 e. The van der Waals surface area contributed by atoms with Crippen molar-refractivity contribution in [2.75, 3.05) is 14.2 Å². The van der Waals surface area contributed by atoms with Gasteiger partial charge in [0.2, 0.25) is 10.0 Å². The van der Waals surface area contributed by atoms with Crippen LogP contribution in [-0.2, 0) is 16.6 Å². The van der Waals surface area contributed by atoms with Gasteiger partial charge in [-0.2, -0.15) is 4.31 Å². The zero-order valence-corrected chi connectivity index (χ0v) is 18.5. The van der Waals surface area contributed by atoms with E-state index in [9.17, 15) is 8.42 Å². The first-order valence-electron chi connectivity index (χ1n) is 9.37. The Hall–Kier alpha value is -1.51. The first-order chi connectivity index (χ1) is 13.3. The van der Waals surface area contributed by atoms with Crippen LogP contribution < -0.4 is 9.47 Å². The summed E-state index contributed by atoms with van der Waals surface area (Å²) in [6.07, 6.45) is 2.85. The molecule has 0 radical (unpaired) electrons. The lowest BCUT2D eigenvalue weighted by Gasteiger charge is -2.22. The Kier molecular flexibility index (Phi) is 5.22. The number of hydrogen-bond acceptors (Lipinski definition) is 5. The Morgan fingerprint density at radius 1 is 1.18 bits per heavy atom. The minimum Gasteiger partial charge on any atom is -0.493 e. The first-order valence-corrected chi connectivity index (χ1v) is 11.6. The fourth-order valence-corrected chi connectivity index (χ4v) is 6.13. The van der Waals surface area contributed by atoms with Crippen molar-refractivity contribution < 1.29 is 22.3 Å². The molecule has 1 aromatic carbocycles. The van der Waals surface area contributed by atoms with Crippen molar-refractivity contribution in [2.45, 2.75) is 49.6 Å². The second-order valence-corrected chi connectivity index (χ2v) is 10.3. The maximum Gasteiger partial charge on any atom is 0.245 e. The van der Waals surface area contributed by atoms with Crippen molar-refractivity contribution in [1.82, 2.24) is 4.31 Å². The van der Waals surface area contributed by atoms with Gasteiger partial charge in [0.05, 0.1) is 20.8 Å². The highest BCUT2D eigenvalue weighted by atomic mass is 79.9. The van der Waals surface area contributed by atoms with E-state index in [0.29, 0.717) is 33.6 Å². The van der Waals surface area contributed by atoms with E-state index in [1.807, 2.05) is 12.1 Å². The SMILES string of the molecule is COc1cc(Br)c(S(=O)(=O)N(Cc2ccc(C3CC3C)o2)C2CC2)cc1OC. The van der Waals surface area contributed by atoms with Crippen molar-refractivity contribution in [2.24, 2.45) is 5.92 Å². The van der Waals surface area contributed by atoms with Crippen LogP contribution in [0, 0.1) is 5.92 Å². The minimum absolute atomic E-state index is 0.00149. The summed E-state index contributed by atoms with van der Waals surface area (Å²) in [6.45, 7) is 2.43. The van der Waals surface area contributed by atoms with Gasteiger partial charge >= 0.3 is 0 Å². The van der Waals surface area contributed by atoms with E-state index in [1.165, 1.54) is 24.6 Å². The summed E-state index contributed by atoms with van der Waals surface area (Å²) in [5, 5.41) is 0. The molecule has 1 heterocycles. The van der Waals surface area contributed by atoms with Crippen LogP contribution in [0.2, 0.25) is 0 Å². The first kappa shape index (κ1) is 19.8. The summed E-state index contributed by atoms with van der Waals surface area (Å²) in [4.78, 5) is 0.166. The summed E-state index contributed by atoms with van der Waals surface area (Å²) in [6, 6.07) is 7.00. The number of halogens is 1. The topological polar surface area (TPSA) is 69.0 Å². The number of sulfonamides is 1. The molecule has 152 valence electrons. The molecule has 28 heavy (non-hydrogen) atoms. The third-order valence-corrected chi connectivity index (χ3v) is 8.30. The molecular formula is C20H24BrNO5S. The van der Waals surface area contributed by atoms with Crippen LogP contribution in [0.5, 0.6) is 11.5 Å². The molecule has 2 fully saturated rings. The fraction of sp³-hybridized carbons (Fsp3) is 0.500. The normalized spacial score (nSPS) is 21.8. The van der Waals surface area contributed by atoms with E-state index in [-0.39, 0.29) is 17.5 Å². The highest BCUT2D eigenvalue weighted by Crippen LogP contribution is 2.47. The second kappa shape index (κ2) is 7.39. The molecule has 0 aliphatic heterocycles. The standard InChI is InChI=1S/C20H24BrNO5S/c1-12-8-15(12)17-7-6-14(27-17)11-22(13-4-5-13)28(23,24)20-10-19(26-3)18(25-2)9-16(20)21/h6-7,9-10,12-13,15H,4-5,8,11H2,1-3H3. The lowest BCUT2D eigenvalue weighted by molar-refractivity contribution is 0.344. The Morgan fingerprint density at radius 3 is 2.39 bits per heavy atom. The lowest BCUT2D eigenvalue weighted by atomic mass is 10.3. The van der Waals surface area contributed by atoms with Crippen LogP contribution in [0.4, 0.5) is 0 Å². The Labute approximate surface area is 174 Å². The number of benzene rings is 1. The van der Waals surface area contributed by atoms with E-state index in [1.54, 1.807) is 6.07 Å². The van der Waals surface area contributed by atoms with Crippen molar-refractivity contribution in [3.8, 4) is 11.5 Å². The molecule has 0 amide bonds. The van der Waals surface area contributed by atoms with Crippen molar-refractivity contribution >= 4 is 26.0 Å². The summed E-state index contributed by atoms with van der Waals surface area (Å²) < 4.78 is 45.5. The molecule has 0 saturated heterocycles. The number of rotatable bonds is 8. The number of methoxy groups -OCH3 is 2. The van der Waals surface area contributed by atoms with Crippen LogP contribution in [0.3, 0.4) is 0 Å². The van der Waals surface area contributed by atoms with Crippen LogP contribution in [0.1, 0.15) is 43.6 Å². The molecule has 4 rings (SSSR count). The van der Waals surface area contributed by atoms with E-state index >= 15 is 0 Å². The molecule has 6 nitrogen and oxygen atoms in total. The van der Waals surface area contributed by atoms with Crippen molar-refractivity contribution in [1.29, 1.82) is 0 Å². The van der Waals surface area contributed by atoms with Gasteiger partial charge in [-0.3, -0.25) is 0 Å². The Bertz CT molecular complexity index is 982. The molecule has 8 heteroatoms. The van der Waals surface area contributed by atoms with Gasteiger partial charge in [0.15, 0.2) is 11.5 Å². The maximum atomic E-state index is 13.5. The zero-order valence-electron chi connectivity index (χ0n) is 16.1. The molecule has 1 aromatic heterocycles. The van der Waals surface area contributed by atoms with Gasteiger partial charge in [0.25, 0.3) is 0 Å². The highest BCUT2D eigenvalue weighted by Gasteiger charge is 2.41. The van der Waals surface area contributed by atoms with Crippen LogP contribution in [0.25, 0.3) is 0 Å². The van der Waals surface area contributed by atoms with Crippen molar-refractivity contribution in [3.05, 3.63) is 40.3 Å². The average Bonchev–Trinajstić information content (AvgIpc) is 3.59. The van der Waals surface area contributed by atoms with Crippen LogP contribution in [-0.4, -0.2) is 33.0 Å². The smallest absolute Gasteiger partial charge is 0.245 e. The van der Waals surface area contributed by atoms with Gasteiger partial charge in [-0.15, -0.1) is 0 Å². The predicted molar refractivity (Wildman–Crippen MR) is 108 cm³/mol. The predicted octanol–water partition coefficient (Wildman–Crippen LogP) is 4.54. The molecule has 2 aromatic rings. The summed E-state index contributed by atoms with van der Waals surface area (Å²) >= 11 is 3.38. The number of furan rings is 1. The highest BCUT2D eigenvalue weighted by molar-refractivity contribution is 9.10. The van der Waals surface area contributed by atoms with Crippen LogP contribution in [0.15, 0.2) is 38.1 Å². The third-order valence-electron chi connectivity index (χ3n) is 5.45. The number of nitrogens with zero attached hydrogens (tertiary/aromatic N) is 1. The maximum absolute atomic E-state index is 13.5. The molecule has 2 saturated carbocycles. The average molecular weight is 470 g/mol. The molecule has 0 spiro atoms. The number of hydrogen-bond donors (Lipinski definition) is 0. The molecular weight excluding hydrogens is 446 g/mol. The van der Waals surface area contributed by atoms with Crippen molar-refractivity contribution in [3.63, 3.8) is 0 Å². The van der Waals surface area contributed by atoms with E-state index in [2.05, 4.69) is 22.9 Å². The summed E-state index contributed by atoms with van der Waals surface area (Å²) in [5.74, 6) is 3.61. The molecule has 0 N–H and O–H groups in total. The summed E-state index contributed by atoms with van der Waals surface area (Å²) in [5.41, 5.74) is 0. The quantitative estimate of drug-likeness (QED) is 0.567. The third kappa shape index (κ3) is 3.69. The van der Waals surface area contributed by atoms with Gasteiger partial charge in [-0.1, -0.05) is 6.92 Å². The number of ether oxygens (including phenoxy) is 2. The van der Waals surface area contributed by atoms with Crippen LogP contribution >= 0.6 is 15.9 Å². The van der Waals surface area contributed by atoms with Gasteiger partial charge < -0.3 is 13.9 Å². The van der Waals surface area contributed by atoms with E-state index in [0.717, 1.165) is 25.0 Å². The zero-order chi connectivity index (χ0) is 20.1. The van der Waals surface area contributed by atoms with E-state index in [4.69, 9.17) is 13.9 Å². The van der Waals surface area contributed by atoms with E-state index < -0.39 is 10.0 Å². The van der Waals surface area contributed by atoms with Gasteiger partial charge in [0.1, 0.15) is 16.4 Å². The van der Waals surface area contributed by atoms with Gasteiger partial charge in [-0.25, -0.2) is 8.42 Å². The fourth-order valence-electron chi connectivity index (χ4n) is 3.48. The Morgan fingerprint density at radius 2 is 1.82 bits per heavy atom. The molecule has 2 aliphatic rings. The van der Waals surface area contributed by atoms with Gasteiger partial charge in [0, 0.05) is 22.5 Å². The monoisotopic (exact) mass is 469 g/mol. The second-order valence-electron chi connectivity index (χ2n) is 7.54. The van der Waals surface area contributed by atoms with Gasteiger partial charge in [-0.05, 0) is 59.3 Å². The minimum atomic E-state index is -3.74. The lowest BCUT2D eigenvalue weighted by Crippen LogP contribution is -2.32. The Balaban J connectivity index is 1.65. The molecule has 0 bridgehead atoms. The molecule has 2 unspecified atom stereocenters. The molecule has 2 atom stereocenters. The molecule has 2 aliphatic carbocycles. The summed E-state index contributed by atoms with van der Waals surface area (Å²) in [7, 11) is -0.731.